The number of amides is 1. The lowest BCUT2D eigenvalue weighted by atomic mass is 10.0. The van der Waals surface area contributed by atoms with Crippen LogP contribution in [-0.4, -0.2) is 35.5 Å². The zero-order valence-corrected chi connectivity index (χ0v) is 12.8. The van der Waals surface area contributed by atoms with E-state index in [0.717, 1.165) is 30.2 Å². The first-order chi connectivity index (χ1) is 9.60. The molecule has 0 aliphatic heterocycles. The van der Waals surface area contributed by atoms with E-state index >= 15 is 0 Å². The molecule has 6 heteroatoms. The third kappa shape index (κ3) is 4.68. The fraction of sp³-hybridized carbons (Fsp3) is 0.643. The molecule has 3 N–H and O–H groups in total. The summed E-state index contributed by atoms with van der Waals surface area (Å²) < 4.78 is 0. The van der Waals surface area contributed by atoms with Gasteiger partial charge in [-0.3, -0.25) is 4.79 Å². The Balaban J connectivity index is 2.86. The maximum absolute atomic E-state index is 11.5. The Bertz CT molecular complexity index is 434. The number of carbonyl (C=O) groups is 1. The van der Waals surface area contributed by atoms with Gasteiger partial charge in [-0.15, -0.1) is 0 Å². The summed E-state index contributed by atoms with van der Waals surface area (Å²) in [5.74, 6) is 1.80. The van der Waals surface area contributed by atoms with Crippen molar-refractivity contribution in [1.29, 1.82) is 0 Å². The van der Waals surface area contributed by atoms with Crippen molar-refractivity contribution in [2.24, 2.45) is 0 Å². The van der Waals surface area contributed by atoms with Gasteiger partial charge in [-0.1, -0.05) is 20.8 Å². The molecule has 0 unspecified atom stereocenters. The molecule has 1 rings (SSSR count). The van der Waals surface area contributed by atoms with Crippen LogP contribution in [0, 0.1) is 0 Å². The number of hydrogen-bond acceptors (Lipinski definition) is 5. The standard InChI is InChI=1S/C14H25N5O/c1-5-7-16-13-12(10(3)4)14(19-9-18-13)17-8-11(20)15-6-2/h9-10H,5-8H2,1-4H3,(H,15,20)(H2,16,17,18,19). The molecule has 6 nitrogen and oxygen atoms in total. The Hall–Kier alpha value is -1.85. The first-order valence-corrected chi connectivity index (χ1v) is 7.19. The molecule has 0 aromatic carbocycles. The van der Waals surface area contributed by atoms with Crippen molar-refractivity contribution in [3.63, 3.8) is 0 Å². The highest BCUT2D eigenvalue weighted by atomic mass is 16.1. The summed E-state index contributed by atoms with van der Waals surface area (Å²) in [7, 11) is 0. The zero-order valence-electron chi connectivity index (χ0n) is 12.8. The monoisotopic (exact) mass is 279 g/mol. The van der Waals surface area contributed by atoms with Gasteiger partial charge >= 0.3 is 0 Å². The Labute approximate surface area is 120 Å². The van der Waals surface area contributed by atoms with E-state index < -0.39 is 0 Å². The van der Waals surface area contributed by atoms with E-state index in [1.54, 1.807) is 0 Å². The van der Waals surface area contributed by atoms with Crippen LogP contribution >= 0.6 is 0 Å². The maximum atomic E-state index is 11.5. The molecule has 0 fully saturated rings. The fourth-order valence-electron chi connectivity index (χ4n) is 1.89. The molecule has 0 atom stereocenters. The predicted octanol–water partition coefficient (Wildman–Crippen LogP) is 1.97. The van der Waals surface area contributed by atoms with Gasteiger partial charge in [0, 0.05) is 18.7 Å². The summed E-state index contributed by atoms with van der Waals surface area (Å²) in [6.07, 6.45) is 2.55. The van der Waals surface area contributed by atoms with Crippen LogP contribution < -0.4 is 16.0 Å². The maximum Gasteiger partial charge on any atom is 0.239 e. The van der Waals surface area contributed by atoms with E-state index in [1.807, 2.05) is 6.92 Å². The Morgan fingerprint density at radius 1 is 1.20 bits per heavy atom. The fourth-order valence-corrected chi connectivity index (χ4v) is 1.89. The average Bonchev–Trinajstić information content (AvgIpc) is 2.42. The summed E-state index contributed by atoms with van der Waals surface area (Å²) in [6, 6.07) is 0. The largest absolute Gasteiger partial charge is 0.370 e. The number of rotatable bonds is 8. The number of carbonyl (C=O) groups excluding carboxylic acids is 1. The van der Waals surface area contributed by atoms with Crippen molar-refractivity contribution in [3.05, 3.63) is 11.9 Å². The smallest absolute Gasteiger partial charge is 0.239 e. The highest BCUT2D eigenvalue weighted by molar-refractivity contribution is 5.80. The van der Waals surface area contributed by atoms with Crippen LogP contribution in [0.15, 0.2) is 6.33 Å². The van der Waals surface area contributed by atoms with Gasteiger partial charge in [0.1, 0.15) is 18.0 Å². The summed E-state index contributed by atoms with van der Waals surface area (Å²) in [6.45, 7) is 9.90. The number of anilines is 2. The lowest BCUT2D eigenvalue weighted by Gasteiger charge is -2.17. The molecule has 0 aliphatic carbocycles. The van der Waals surface area contributed by atoms with Crippen molar-refractivity contribution in [2.75, 3.05) is 30.3 Å². The molecule has 0 saturated heterocycles. The lowest BCUT2D eigenvalue weighted by Crippen LogP contribution is -2.30. The second-order valence-corrected chi connectivity index (χ2v) is 4.87. The minimum Gasteiger partial charge on any atom is -0.370 e. The van der Waals surface area contributed by atoms with Crippen LogP contribution in [-0.2, 0) is 4.79 Å². The molecule has 0 spiro atoms. The van der Waals surface area contributed by atoms with Gasteiger partial charge in [0.2, 0.25) is 5.91 Å². The minimum atomic E-state index is -0.0381. The van der Waals surface area contributed by atoms with Crippen molar-refractivity contribution in [3.8, 4) is 0 Å². The first kappa shape index (κ1) is 16.2. The van der Waals surface area contributed by atoms with E-state index in [1.165, 1.54) is 6.33 Å². The van der Waals surface area contributed by atoms with Crippen LogP contribution in [0.3, 0.4) is 0 Å². The van der Waals surface area contributed by atoms with Crippen molar-refractivity contribution < 1.29 is 4.79 Å². The third-order valence-electron chi connectivity index (χ3n) is 2.79. The Morgan fingerprint density at radius 2 is 1.85 bits per heavy atom. The molecule has 1 aromatic rings. The van der Waals surface area contributed by atoms with Crippen LogP contribution in [0.25, 0.3) is 0 Å². The van der Waals surface area contributed by atoms with E-state index in [2.05, 4.69) is 46.7 Å². The number of likely N-dealkylation sites (N-methyl/N-ethyl adjacent to an activating group) is 1. The van der Waals surface area contributed by atoms with Gasteiger partial charge in [0.15, 0.2) is 0 Å². The van der Waals surface area contributed by atoms with E-state index in [0.29, 0.717) is 6.54 Å². The second-order valence-electron chi connectivity index (χ2n) is 4.87. The van der Waals surface area contributed by atoms with Gasteiger partial charge in [0.05, 0.1) is 6.54 Å². The molecule has 20 heavy (non-hydrogen) atoms. The van der Waals surface area contributed by atoms with Crippen LogP contribution in [0.2, 0.25) is 0 Å². The van der Waals surface area contributed by atoms with Gasteiger partial charge in [-0.2, -0.15) is 0 Å². The number of nitrogens with zero attached hydrogens (tertiary/aromatic N) is 2. The van der Waals surface area contributed by atoms with E-state index in [-0.39, 0.29) is 18.4 Å². The molecule has 0 saturated carbocycles. The van der Waals surface area contributed by atoms with Gasteiger partial charge in [-0.05, 0) is 19.3 Å². The van der Waals surface area contributed by atoms with Crippen molar-refractivity contribution in [1.82, 2.24) is 15.3 Å². The van der Waals surface area contributed by atoms with Crippen molar-refractivity contribution in [2.45, 2.75) is 40.0 Å². The molecule has 1 heterocycles. The predicted molar refractivity (Wildman–Crippen MR) is 82.1 cm³/mol. The number of aromatic nitrogens is 2. The highest BCUT2D eigenvalue weighted by Gasteiger charge is 2.15. The average molecular weight is 279 g/mol. The summed E-state index contributed by atoms with van der Waals surface area (Å²) in [5, 5.41) is 9.15. The third-order valence-corrected chi connectivity index (χ3v) is 2.79. The quantitative estimate of drug-likeness (QED) is 0.678. The van der Waals surface area contributed by atoms with Crippen molar-refractivity contribution >= 4 is 17.5 Å². The number of hydrogen-bond donors (Lipinski definition) is 3. The van der Waals surface area contributed by atoms with Gasteiger partial charge in [-0.25, -0.2) is 9.97 Å². The van der Waals surface area contributed by atoms with Gasteiger partial charge < -0.3 is 16.0 Å². The van der Waals surface area contributed by atoms with E-state index in [4.69, 9.17) is 0 Å². The zero-order chi connectivity index (χ0) is 15.0. The summed E-state index contributed by atoms with van der Waals surface area (Å²) in [5.41, 5.74) is 1.02. The van der Waals surface area contributed by atoms with Crippen LogP contribution in [0.5, 0.6) is 0 Å². The molecule has 0 bridgehead atoms. The molecular formula is C14H25N5O. The Kier molecular flexibility index (Phi) is 6.76. The molecule has 1 amide bonds. The Morgan fingerprint density at radius 3 is 2.40 bits per heavy atom. The lowest BCUT2D eigenvalue weighted by molar-refractivity contribution is -0.119. The topological polar surface area (TPSA) is 78.9 Å². The SMILES string of the molecule is CCCNc1ncnc(NCC(=O)NCC)c1C(C)C. The van der Waals surface area contributed by atoms with Gasteiger partial charge in [0.25, 0.3) is 0 Å². The normalized spacial score (nSPS) is 10.4. The highest BCUT2D eigenvalue weighted by Crippen LogP contribution is 2.28. The second kappa shape index (κ2) is 8.35. The minimum absolute atomic E-state index is 0.0381. The molecule has 0 aliphatic rings. The molecule has 1 aromatic heterocycles. The number of nitrogens with one attached hydrogen (secondary N) is 3. The first-order valence-electron chi connectivity index (χ1n) is 7.19. The van der Waals surface area contributed by atoms with Crippen LogP contribution in [0.4, 0.5) is 11.6 Å². The van der Waals surface area contributed by atoms with E-state index in [9.17, 15) is 4.79 Å². The molecular weight excluding hydrogens is 254 g/mol. The summed E-state index contributed by atoms with van der Waals surface area (Å²) >= 11 is 0. The molecule has 0 radical (unpaired) electrons. The summed E-state index contributed by atoms with van der Waals surface area (Å²) in [4.78, 5) is 20.1. The van der Waals surface area contributed by atoms with Crippen LogP contribution in [0.1, 0.15) is 45.6 Å². The molecule has 112 valence electrons.